The first-order chi connectivity index (χ1) is 10.8. The highest BCUT2D eigenvalue weighted by molar-refractivity contribution is 7.80. The van der Waals surface area contributed by atoms with Crippen molar-refractivity contribution in [3.05, 3.63) is 40.2 Å². The molecule has 1 atom stereocenters. The summed E-state index contributed by atoms with van der Waals surface area (Å²) < 4.78 is 0. The normalized spacial score (nSPS) is 14.0. The Balaban J connectivity index is 4.20. The van der Waals surface area contributed by atoms with Crippen LogP contribution < -0.4 is 0 Å². The van der Waals surface area contributed by atoms with Gasteiger partial charge in [-0.3, -0.25) is 4.79 Å². The number of aliphatic carboxylic acids is 1. The molecule has 0 saturated heterocycles. The number of hydrogen-bond acceptors (Lipinski definition) is 4. The van der Waals surface area contributed by atoms with Crippen molar-refractivity contribution in [1.82, 2.24) is 5.06 Å². The molecule has 5 heteroatoms. The van der Waals surface area contributed by atoms with Crippen molar-refractivity contribution in [1.29, 1.82) is 0 Å². The summed E-state index contributed by atoms with van der Waals surface area (Å²) in [5, 5.41) is 21.2. The molecule has 1 N–H and O–H groups in total. The van der Waals surface area contributed by atoms with Gasteiger partial charge < -0.3 is 15.4 Å². The molecular formula is C18H30NO3S-. The largest absolute Gasteiger partial charge is 0.784 e. The third-order valence-corrected chi connectivity index (χ3v) is 3.89. The Morgan fingerprint density at radius 2 is 1.61 bits per heavy atom. The Hall–Kier alpha value is -1.04. The van der Waals surface area contributed by atoms with Gasteiger partial charge in [0.25, 0.3) is 0 Å². The molecule has 0 radical (unpaired) electrons. The van der Waals surface area contributed by atoms with Gasteiger partial charge in [0.15, 0.2) is 0 Å². The molecule has 0 aromatic carbocycles. The molecule has 0 heterocycles. The second-order valence-corrected chi connectivity index (χ2v) is 6.46. The summed E-state index contributed by atoms with van der Waals surface area (Å²) in [7, 11) is 0. The maximum Gasteiger partial charge on any atom is 0.320 e. The molecule has 0 saturated carbocycles. The number of hydrogen-bond donors (Lipinski definition) is 2. The summed E-state index contributed by atoms with van der Waals surface area (Å²) in [5.74, 6) is -1.12. The van der Waals surface area contributed by atoms with E-state index in [1.54, 1.807) is 6.08 Å². The topological polar surface area (TPSA) is 63.6 Å². The second kappa shape index (κ2) is 12.4. The number of rotatable bonds is 11. The van der Waals surface area contributed by atoms with E-state index in [4.69, 9.17) is 5.11 Å². The Labute approximate surface area is 145 Å². The lowest BCUT2D eigenvalue weighted by Crippen LogP contribution is -2.38. The molecule has 23 heavy (non-hydrogen) atoms. The van der Waals surface area contributed by atoms with E-state index in [1.165, 1.54) is 11.1 Å². The fourth-order valence-corrected chi connectivity index (χ4v) is 2.34. The molecule has 0 unspecified atom stereocenters. The zero-order valence-corrected chi connectivity index (χ0v) is 15.6. The minimum absolute atomic E-state index is 0.0132. The van der Waals surface area contributed by atoms with Crippen molar-refractivity contribution in [2.24, 2.45) is 0 Å². The lowest BCUT2D eigenvalue weighted by molar-refractivity contribution is -0.141. The maximum atomic E-state index is 11.7. The third kappa shape index (κ3) is 11.2. The summed E-state index contributed by atoms with van der Waals surface area (Å²) in [6.07, 6.45) is 10.3. The highest BCUT2D eigenvalue weighted by atomic mass is 32.1. The molecule has 0 aliphatic rings. The Morgan fingerprint density at radius 1 is 1.09 bits per heavy atom. The van der Waals surface area contributed by atoms with Gasteiger partial charge in [0.2, 0.25) is 0 Å². The quantitative estimate of drug-likeness (QED) is 0.328. The number of allylic oxidation sites excluding steroid dienone is 5. The SMILES string of the molecule is CC(C)=CCCC(C)=CCCC(C)=CCN([O-])[C@@H](CS)C(=O)O. The number of carbonyl (C=O) groups is 1. The van der Waals surface area contributed by atoms with Crippen molar-refractivity contribution < 1.29 is 9.90 Å². The summed E-state index contributed by atoms with van der Waals surface area (Å²) in [6.45, 7) is 8.41. The van der Waals surface area contributed by atoms with E-state index in [-0.39, 0.29) is 12.3 Å². The average Bonchev–Trinajstić information content (AvgIpc) is 2.45. The van der Waals surface area contributed by atoms with Crippen molar-refractivity contribution in [2.75, 3.05) is 12.3 Å². The molecule has 0 aromatic heterocycles. The number of carboxylic acid groups (broad SMARTS) is 1. The summed E-state index contributed by atoms with van der Waals surface area (Å²) in [4.78, 5) is 10.9. The van der Waals surface area contributed by atoms with E-state index in [9.17, 15) is 10.0 Å². The van der Waals surface area contributed by atoms with Crippen LogP contribution >= 0.6 is 12.6 Å². The molecule has 4 nitrogen and oxygen atoms in total. The highest BCUT2D eigenvalue weighted by Crippen LogP contribution is 2.12. The lowest BCUT2D eigenvalue weighted by Gasteiger charge is -2.32. The number of thiol groups is 1. The standard InChI is InChI=1S/C18H30NO3S/c1-14(2)7-5-8-15(3)9-6-10-16(4)11-12-19(22)17(13-23)18(20)21/h7,9,11,17,23H,5-6,8,10,12-13H2,1-4H3,(H,20,21)/q-1/t17-/m0/s1. The number of nitrogens with zero attached hydrogens (tertiary/aromatic N) is 1. The van der Waals surface area contributed by atoms with Crippen LogP contribution in [0.5, 0.6) is 0 Å². The molecule has 0 aliphatic heterocycles. The van der Waals surface area contributed by atoms with Crippen LogP contribution in [-0.4, -0.2) is 34.5 Å². The van der Waals surface area contributed by atoms with Crippen LogP contribution in [0.2, 0.25) is 0 Å². The van der Waals surface area contributed by atoms with Gasteiger partial charge in [-0.15, -0.1) is 0 Å². The predicted molar refractivity (Wildman–Crippen MR) is 101 cm³/mol. The summed E-state index contributed by atoms with van der Waals surface area (Å²) in [5.41, 5.74) is 3.82. The number of hydroxylamine groups is 2. The molecule has 0 amide bonds. The van der Waals surface area contributed by atoms with Crippen molar-refractivity contribution in [3.8, 4) is 0 Å². The van der Waals surface area contributed by atoms with Gasteiger partial charge in [-0.2, -0.15) is 12.6 Å². The lowest BCUT2D eigenvalue weighted by atomic mass is 10.1. The third-order valence-electron chi connectivity index (χ3n) is 3.55. The van der Waals surface area contributed by atoms with Gasteiger partial charge in [-0.25, -0.2) is 0 Å². The van der Waals surface area contributed by atoms with Gasteiger partial charge in [0, 0.05) is 12.3 Å². The second-order valence-electron chi connectivity index (χ2n) is 6.10. The van der Waals surface area contributed by atoms with Crippen LogP contribution in [0.1, 0.15) is 53.4 Å². The van der Waals surface area contributed by atoms with Crippen LogP contribution in [0.25, 0.3) is 0 Å². The Morgan fingerprint density at radius 3 is 2.09 bits per heavy atom. The zero-order valence-electron chi connectivity index (χ0n) is 14.7. The fraction of sp³-hybridized carbons (Fsp3) is 0.611. The summed E-state index contributed by atoms with van der Waals surface area (Å²) >= 11 is 3.90. The zero-order chi connectivity index (χ0) is 17.8. The van der Waals surface area contributed by atoms with E-state index in [1.807, 2.05) is 6.92 Å². The predicted octanol–water partition coefficient (Wildman–Crippen LogP) is 4.59. The molecule has 0 aliphatic carbocycles. The van der Waals surface area contributed by atoms with Crippen LogP contribution in [0.3, 0.4) is 0 Å². The smallest absolute Gasteiger partial charge is 0.320 e. The molecule has 0 spiro atoms. The van der Waals surface area contributed by atoms with Crippen molar-refractivity contribution >= 4 is 18.6 Å². The van der Waals surface area contributed by atoms with Gasteiger partial charge in [-0.1, -0.05) is 34.9 Å². The van der Waals surface area contributed by atoms with Crippen LogP contribution in [0.15, 0.2) is 34.9 Å². The van der Waals surface area contributed by atoms with Crippen LogP contribution in [0.4, 0.5) is 0 Å². The van der Waals surface area contributed by atoms with E-state index in [2.05, 4.69) is 45.6 Å². The molecule has 0 fully saturated rings. The minimum Gasteiger partial charge on any atom is -0.784 e. The van der Waals surface area contributed by atoms with Crippen LogP contribution in [0, 0.1) is 5.21 Å². The van der Waals surface area contributed by atoms with Crippen molar-refractivity contribution in [3.63, 3.8) is 0 Å². The Bertz CT molecular complexity index is 451. The molecule has 0 aromatic rings. The highest BCUT2D eigenvalue weighted by Gasteiger charge is 2.15. The van der Waals surface area contributed by atoms with Crippen LogP contribution in [-0.2, 0) is 4.79 Å². The number of carboxylic acids is 1. The molecular weight excluding hydrogens is 310 g/mol. The van der Waals surface area contributed by atoms with Gasteiger partial charge in [0.05, 0.1) is 0 Å². The van der Waals surface area contributed by atoms with Gasteiger partial charge >= 0.3 is 5.97 Å². The average molecular weight is 341 g/mol. The van der Waals surface area contributed by atoms with E-state index >= 15 is 0 Å². The first kappa shape index (κ1) is 22.0. The van der Waals surface area contributed by atoms with Crippen molar-refractivity contribution in [2.45, 2.75) is 59.4 Å². The molecule has 0 bridgehead atoms. The first-order valence-corrected chi connectivity index (χ1v) is 8.63. The van der Waals surface area contributed by atoms with E-state index < -0.39 is 12.0 Å². The maximum absolute atomic E-state index is 11.7. The van der Waals surface area contributed by atoms with E-state index in [0.717, 1.165) is 31.3 Å². The van der Waals surface area contributed by atoms with Gasteiger partial charge in [0.1, 0.15) is 6.04 Å². The fourth-order valence-electron chi connectivity index (χ4n) is 2.00. The molecule has 0 rings (SSSR count). The summed E-state index contributed by atoms with van der Waals surface area (Å²) in [6, 6.07) is -1.08. The monoisotopic (exact) mass is 340 g/mol. The van der Waals surface area contributed by atoms with E-state index in [0.29, 0.717) is 5.06 Å². The van der Waals surface area contributed by atoms with Gasteiger partial charge in [-0.05, 0) is 53.4 Å². The Kier molecular flexibility index (Phi) is 11.8. The first-order valence-electron chi connectivity index (χ1n) is 8.00. The molecule has 132 valence electrons. The minimum atomic E-state index is -1.13.